The standard InChI is InChI=1S/C24H27F2N5O/c1-14(15-4-5-15)30(3)23(32)19-12-29-20(11-27)21(16-8-17(25)10-18(26)9-16)22(19)31-7-6-24(2,28)13-31/h8-10,12,14-15H,4-7,13,28H2,1-3H3/t14-,24-/m0/s1. The van der Waals surface area contributed by atoms with Crippen LogP contribution in [0.5, 0.6) is 0 Å². The van der Waals surface area contributed by atoms with Crippen molar-refractivity contribution in [1.82, 2.24) is 9.88 Å². The number of nitriles is 1. The van der Waals surface area contributed by atoms with Crippen LogP contribution in [0.2, 0.25) is 0 Å². The van der Waals surface area contributed by atoms with Gasteiger partial charge in [-0.2, -0.15) is 5.26 Å². The van der Waals surface area contributed by atoms with E-state index in [0.29, 0.717) is 36.7 Å². The molecule has 0 radical (unpaired) electrons. The lowest BCUT2D eigenvalue weighted by molar-refractivity contribution is 0.0727. The number of rotatable bonds is 5. The van der Waals surface area contributed by atoms with Crippen LogP contribution in [0, 0.1) is 28.9 Å². The molecule has 1 aliphatic carbocycles. The molecule has 0 unspecified atom stereocenters. The third kappa shape index (κ3) is 4.17. The Morgan fingerprint density at radius 2 is 2.00 bits per heavy atom. The van der Waals surface area contributed by atoms with E-state index >= 15 is 0 Å². The summed E-state index contributed by atoms with van der Waals surface area (Å²) < 4.78 is 28.2. The zero-order valence-electron chi connectivity index (χ0n) is 18.5. The van der Waals surface area contributed by atoms with E-state index < -0.39 is 17.2 Å². The molecule has 1 aromatic carbocycles. The lowest BCUT2D eigenvalue weighted by Crippen LogP contribution is -2.40. The molecule has 2 fully saturated rings. The maximum absolute atomic E-state index is 14.1. The number of nitrogens with zero attached hydrogens (tertiary/aromatic N) is 4. The van der Waals surface area contributed by atoms with Gasteiger partial charge < -0.3 is 15.5 Å². The van der Waals surface area contributed by atoms with Gasteiger partial charge in [-0.05, 0) is 56.7 Å². The zero-order chi connectivity index (χ0) is 23.2. The molecule has 1 aliphatic heterocycles. The van der Waals surface area contributed by atoms with Gasteiger partial charge in [0.1, 0.15) is 23.4 Å². The molecule has 0 bridgehead atoms. The summed E-state index contributed by atoms with van der Waals surface area (Å²) in [5.41, 5.74) is 7.04. The minimum atomic E-state index is -0.767. The monoisotopic (exact) mass is 439 g/mol. The maximum atomic E-state index is 14.1. The molecular weight excluding hydrogens is 412 g/mol. The second-order valence-corrected chi connectivity index (χ2v) is 9.33. The van der Waals surface area contributed by atoms with E-state index in [2.05, 4.69) is 4.98 Å². The van der Waals surface area contributed by atoms with E-state index in [-0.39, 0.29) is 28.8 Å². The second-order valence-electron chi connectivity index (χ2n) is 9.33. The van der Waals surface area contributed by atoms with E-state index in [0.717, 1.165) is 31.0 Å². The molecule has 2 atom stereocenters. The summed E-state index contributed by atoms with van der Waals surface area (Å²) in [7, 11) is 1.76. The minimum absolute atomic E-state index is 0.00469. The van der Waals surface area contributed by atoms with Crippen LogP contribution in [0.3, 0.4) is 0 Å². The van der Waals surface area contributed by atoms with E-state index in [4.69, 9.17) is 5.73 Å². The molecule has 1 aromatic heterocycles. The minimum Gasteiger partial charge on any atom is -0.368 e. The number of carbonyl (C=O) groups excluding carboxylic acids is 1. The first kappa shape index (κ1) is 22.2. The van der Waals surface area contributed by atoms with Crippen LogP contribution in [-0.4, -0.2) is 47.5 Å². The van der Waals surface area contributed by atoms with E-state index in [1.165, 1.54) is 6.20 Å². The van der Waals surface area contributed by atoms with Crippen LogP contribution in [0.15, 0.2) is 24.4 Å². The highest BCUT2D eigenvalue weighted by Gasteiger charge is 2.37. The van der Waals surface area contributed by atoms with Crippen LogP contribution in [0.4, 0.5) is 14.5 Å². The second kappa shape index (κ2) is 8.14. The molecule has 0 spiro atoms. The van der Waals surface area contributed by atoms with Crippen molar-refractivity contribution in [2.24, 2.45) is 11.7 Å². The van der Waals surface area contributed by atoms with E-state index in [9.17, 15) is 18.8 Å². The van der Waals surface area contributed by atoms with E-state index in [1.807, 2.05) is 24.8 Å². The molecule has 2 aromatic rings. The molecule has 32 heavy (non-hydrogen) atoms. The van der Waals surface area contributed by atoms with Crippen molar-refractivity contribution >= 4 is 11.6 Å². The van der Waals surface area contributed by atoms with Crippen molar-refractivity contribution in [2.45, 2.75) is 44.7 Å². The average molecular weight is 440 g/mol. The molecule has 2 heterocycles. The Morgan fingerprint density at radius 1 is 1.34 bits per heavy atom. The fourth-order valence-electron chi connectivity index (χ4n) is 4.49. The summed E-state index contributed by atoms with van der Waals surface area (Å²) in [4.78, 5) is 21.4. The summed E-state index contributed by atoms with van der Waals surface area (Å²) in [6, 6.07) is 5.17. The highest BCUT2D eigenvalue weighted by Crippen LogP contribution is 2.41. The van der Waals surface area contributed by atoms with Crippen LogP contribution >= 0.6 is 0 Å². The Balaban J connectivity index is 1.92. The first-order valence-corrected chi connectivity index (χ1v) is 10.8. The van der Waals surface area contributed by atoms with Gasteiger partial charge in [-0.1, -0.05) is 0 Å². The van der Waals surface area contributed by atoms with Gasteiger partial charge in [-0.25, -0.2) is 13.8 Å². The number of carbonyl (C=O) groups is 1. The number of pyridine rings is 1. The predicted molar refractivity (Wildman–Crippen MR) is 118 cm³/mol. The molecule has 1 amide bonds. The third-order valence-corrected chi connectivity index (χ3v) is 6.60. The number of anilines is 1. The largest absolute Gasteiger partial charge is 0.368 e. The van der Waals surface area contributed by atoms with Crippen molar-refractivity contribution in [3.63, 3.8) is 0 Å². The Morgan fingerprint density at radius 3 is 2.53 bits per heavy atom. The fraction of sp³-hybridized carbons (Fsp3) is 0.458. The molecule has 6 nitrogen and oxygen atoms in total. The van der Waals surface area contributed by atoms with Gasteiger partial charge in [0.2, 0.25) is 0 Å². The SMILES string of the molecule is C[C@@H](C1CC1)N(C)C(=O)c1cnc(C#N)c(-c2cc(F)cc(F)c2)c1N1CC[C@](C)(N)C1. The Bertz CT molecular complexity index is 1090. The number of amides is 1. The normalized spacial score (nSPS) is 21.3. The van der Waals surface area contributed by atoms with Gasteiger partial charge in [0.25, 0.3) is 5.91 Å². The lowest BCUT2D eigenvalue weighted by Gasteiger charge is -2.30. The smallest absolute Gasteiger partial charge is 0.257 e. The highest BCUT2D eigenvalue weighted by atomic mass is 19.1. The van der Waals surface area contributed by atoms with Gasteiger partial charge in [-0.15, -0.1) is 0 Å². The summed E-state index contributed by atoms with van der Waals surface area (Å²) in [5.74, 6) is -1.30. The van der Waals surface area contributed by atoms with Gasteiger partial charge in [-0.3, -0.25) is 4.79 Å². The molecular formula is C24H27F2N5O. The van der Waals surface area contributed by atoms with Crippen molar-refractivity contribution in [3.8, 4) is 17.2 Å². The molecule has 2 aliphatic rings. The third-order valence-electron chi connectivity index (χ3n) is 6.60. The van der Waals surface area contributed by atoms with E-state index in [1.54, 1.807) is 11.9 Å². The van der Waals surface area contributed by atoms with Crippen molar-refractivity contribution in [3.05, 3.63) is 47.3 Å². The molecule has 2 N–H and O–H groups in total. The Labute approximate surface area is 186 Å². The quantitative estimate of drug-likeness (QED) is 0.768. The fourth-order valence-corrected chi connectivity index (χ4v) is 4.49. The number of nitrogens with two attached hydrogens (primary N) is 1. The van der Waals surface area contributed by atoms with Crippen molar-refractivity contribution in [1.29, 1.82) is 5.26 Å². The number of halogens is 2. The zero-order valence-corrected chi connectivity index (χ0v) is 18.5. The van der Waals surface area contributed by atoms with Gasteiger partial charge in [0.05, 0.1) is 11.3 Å². The average Bonchev–Trinajstić information content (AvgIpc) is 3.53. The van der Waals surface area contributed by atoms with Crippen LogP contribution in [0.25, 0.3) is 11.1 Å². The molecule has 1 saturated carbocycles. The maximum Gasteiger partial charge on any atom is 0.257 e. The van der Waals surface area contributed by atoms with Crippen LogP contribution in [-0.2, 0) is 0 Å². The number of hydrogen-bond acceptors (Lipinski definition) is 5. The number of hydrogen-bond donors (Lipinski definition) is 1. The van der Waals surface area contributed by atoms with Gasteiger partial charge in [0.15, 0.2) is 0 Å². The summed E-state index contributed by atoms with van der Waals surface area (Å²) in [5, 5.41) is 9.76. The predicted octanol–water partition coefficient (Wildman–Crippen LogP) is 3.70. The summed E-state index contributed by atoms with van der Waals surface area (Å²) >= 11 is 0. The van der Waals surface area contributed by atoms with Crippen molar-refractivity contribution in [2.75, 3.05) is 25.0 Å². The Hall–Kier alpha value is -3.05. The van der Waals surface area contributed by atoms with Crippen molar-refractivity contribution < 1.29 is 13.6 Å². The molecule has 4 rings (SSSR count). The van der Waals surface area contributed by atoms with Crippen LogP contribution < -0.4 is 10.6 Å². The summed E-state index contributed by atoms with van der Waals surface area (Å²) in [6.45, 7) is 4.93. The first-order valence-electron chi connectivity index (χ1n) is 10.8. The molecule has 168 valence electrons. The summed E-state index contributed by atoms with van der Waals surface area (Å²) in [6.07, 6.45) is 4.25. The molecule has 8 heteroatoms. The topological polar surface area (TPSA) is 86.2 Å². The highest BCUT2D eigenvalue weighted by molar-refractivity contribution is 6.04. The van der Waals surface area contributed by atoms with Gasteiger partial charge in [0, 0.05) is 49.5 Å². The lowest BCUT2D eigenvalue weighted by atomic mass is 9.97. The number of aromatic nitrogens is 1. The molecule has 1 saturated heterocycles. The number of benzene rings is 1. The Kier molecular flexibility index (Phi) is 5.63. The first-order chi connectivity index (χ1) is 15.1. The van der Waals surface area contributed by atoms with Crippen LogP contribution in [0.1, 0.15) is 49.2 Å². The van der Waals surface area contributed by atoms with Gasteiger partial charge >= 0.3 is 0 Å².